The lowest BCUT2D eigenvalue weighted by Gasteiger charge is -2.61. The lowest BCUT2D eigenvalue weighted by Crippen LogP contribution is -2.66. The van der Waals surface area contributed by atoms with Crippen molar-refractivity contribution in [3.05, 3.63) is 71.8 Å². The van der Waals surface area contributed by atoms with Crippen LogP contribution in [0.25, 0.3) is 0 Å². The van der Waals surface area contributed by atoms with Gasteiger partial charge in [0, 0.05) is 27.7 Å². The second kappa shape index (κ2) is 25.3. The number of carbonyl (C=O) groups excluding carboxylic acids is 4. The van der Waals surface area contributed by atoms with Crippen LogP contribution >= 0.6 is 0 Å². The maximum Gasteiger partial charge on any atom is 0.303 e. The summed E-state index contributed by atoms with van der Waals surface area (Å²) in [6, 6.07) is 19.2. The number of hydrogen-bond acceptors (Lipinski definition) is 14. The van der Waals surface area contributed by atoms with Crippen LogP contribution in [-0.2, 0) is 79.8 Å². The van der Waals surface area contributed by atoms with Gasteiger partial charge in [0.25, 0.3) is 0 Å². The van der Waals surface area contributed by atoms with Crippen molar-refractivity contribution < 1.29 is 66.5 Å². The molecule has 0 amide bonds. The summed E-state index contributed by atoms with van der Waals surface area (Å²) in [6.45, 7) is 19.3. The van der Waals surface area contributed by atoms with Crippen molar-refractivity contribution in [1.82, 2.24) is 0 Å². The highest BCUT2D eigenvalue weighted by molar-refractivity contribution is 5.68. The monoisotopic (exact) mass is 1040 g/mol. The maximum absolute atomic E-state index is 13.2. The van der Waals surface area contributed by atoms with Crippen LogP contribution in [0.5, 0.6) is 0 Å². The van der Waals surface area contributed by atoms with Crippen LogP contribution in [-0.4, -0.2) is 98.0 Å². The summed E-state index contributed by atoms with van der Waals surface area (Å²) in [4.78, 5) is 51.5. The van der Waals surface area contributed by atoms with Gasteiger partial charge in [-0.25, -0.2) is 0 Å². The molecule has 2 heterocycles. The predicted octanol–water partition coefficient (Wildman–Crippen LogP) is 10.9. The van der Waals surface area contributed by atoms with Gasteiger partial charge < -0.3 is 47.4 Å². The molecule has 0 bridgehead atoms. The fourth-order valence-electron chi connectivity index (χ4n) is 15.2. The topological polar surface area (TPSA) is 161 Å². The molecular formula is C61H88O14. The first-order chi connectivity index (χ1) is 35.8. The molecule has 0 unspecified atom stereocenters. The average Bonchev–Trinajstić information content (AvgIpc) is 3.75. The van der Waals surface area contributed by atoms with Gasteiger partial charge in [0.05, 0.1) is 25.4 Å². The molecule has 8 rings (SSSR count). The van der Waals surface area contributed by atoms with Crippen LogP contribution in [0.4, 0.5) is 0 Å². The van der Waals surface area contributed by atoms with E-state index >= 15 is 0 Å². The van der Waals surface area contributed by atoms with E-state index in [1.54, 1.807) is 0 Å². The van der Waals surface area contributed by atoms with Crippen molar-refractivity contribution in [2.45, 2.75) is 227 Å². The summed E-state index contributed by atoms with van der Waals surface area (Å²) < 4.78 is 64.6. The molecule has 0 radical (unpaired) electrons. The first-order valence-corrected chi connectivity index (χ1v) is 28.4. The number of fused-ring (bicyclic) bond motifs is 5. The van der Waals surface area contributed by atoms with E-state index in [1.165, 1.54) is 79.1 Å². The van der Waals surface area contributed by atoms with Gasteiger partial charge in [-0.05, 0) is 128 Å². The van der Waals surface area contributed by atoms with Crippen LogP contribution in [0.15, 0.2) is 60.7 Å². The van der Waals surface area contributed by atoms with Crippen molar-refractivity contribution in [1.29, 1.82) is 0 Å². The summed E-state index contributed by atoms with van der Waals surface area (Å²) in [5.41, 5.74) is 2.32. The van der Waals surface area contributed by atoms with Gasteiger partial charge in [-0.2, -0.15) is 0 Å². The van der Waals surface area contributed by atoms with Crippen LogP contribution in [0, 0.1) is 52.3 Å². The van der Waals surface area contributed by atoms with Crippen molar-refractivity contribution in [3.8, 4) is 0 Å². The fourth-order valence-corrected chi connectivity index (χ4v) is 15.2. The molecular weight excluding hydrogens is 957 g/mol. The normalized spacial score (nSPS) is 37.8. The summed E-state index contributed by atoms with van der Waals surface area (Å²) in [5, 5.41) is 0. The highest BCUT2D eigenvalue weighted by atomic mass is 16.8. The molecule has 4 saturated carbocycles. The summed E-state index contributed by atoms with van der Waals surface area (Å²) >= 11 is 0. The number of ether oxygens (including phenoxy) is 10. The van der Waals surface area contributed by atoms with Crippen molar-refractivity contribution >= 4 is 23.9 Å². The van der Waals surface area contributed by atoms with Crippen molar-refractivity contribution in [2.24, 2.45) is 52.3 Å². The van der Waals surface area contributed by atoms with Gasteiger partial charge >= 0.3 is 23.9 Å². The third-order valence-corrected chi connectivity index (χ3v) is 18.7. The molecule has 14 heteroatoms. The van der Waals surface area contributed by atoms with Gasteiger partial charge in [-0.1, -0.05) is 115 Å². The maximum atomic E-state index is 13.2. The van der Waals surface area contributed by atoms with Crippen LogP contribution < -0.4 is 0 Å². The van der Waals surface area contributed by atoms with E-state index < -0.39 is 85.3 Å². The second-order valence-electron chi connectivity index (χ2n) is 24.1. The fraction of sp³-hybridized carbons (Fsp3) is 0.738. The molecule has 0 spiro atoms. The Labute approximate surface area is 446 Å². The number of carbonyl (C=O) groups is 4. The first kappa shape index (κ1) is 57.3. The van der Waals surface area contributed by atoms with Gasteiger partial charge in [-0.3, -0.25) is 19.2 Å². The Kier molecular flexibility index (Phi) is 19.3. The van der Waals surface area contributed by atoms with E-state index in [2.05, 4.69) is 34.6 Å². The Bertz CT molecular complexity index is 2190. The number of hydrogen-bond donors (Lipinski definition) is 0. The van der Waals surface area contributed by atoms with Crippen LogP contribution in [0.1, 0.15) is 157 Å². The summed E-state index contributed by atoms with van der Waals surface area (Å²) in [5.74, 6) is 2.39. The minimum Gasteiger partial charge on any atom is -0.463 e. The number of benzene rings is 2. The van der Waals surface area contributed by atoms with E-state index in [9.17, 15) is 19.2 Å². The Hall–Kier alpha value is -3.92. The van der Waals surface area contributed by atoms with E-state index in [0.717, 1.165) is 66.4 Å². The van der Waals surface area contributed by atoms with E-state index in [-0.39, 0.29) is 31.3 Å². The number of rotatable bonds is 20. The molecule has 4 aliphatic carbocycles. The van der Waals surface area contributed by atoms with Crippen molar-refractivity contribution in [2.75, 3.05) is 6.61 Å². The molecule has 0 N–H and O–H groups in total. The zero-order chi connectivity index (χ0) is 53.6. The lowest BCUT2D eigenvalue weighted by atomic mass is 9.44. The van der Waals surface area contributed by atoms with Gasteiger partial charge in [-0.15, -0.1) is 0 Å². The number of esters is 4. The Morgan fingerprint density at radius 1 is 0.600 bits per heavy atom. The minimum atomic E-state index is -1.34. The zero-order valence-corrected chi connectivity index (χ0v) is 46.5. The van der Waals surface area contributed by atoms with Gasteiger partial charge in [0.15, 0.2) is 37.0 Å². The predicted molar refractivity (Wildman–Crippen MR) is 279 cm³/mol. The SMILES string of the molecule is CC(=O)OC[C@H]1O[C@@H](O[C@H]2CC[C@@]3(C)[C@@H](CC[C@@H]4[C@@H]3CC[C@]3(C)[C@@H]([C@H](C)CCCC(C)C)CC[C@@H]43)C2)[C@H](O[C@@H]2O[C@@H](C)[C@H](OCc3ccccc3)[C@@H](OC(C)=O)[C@H]2OCc2ccccc2)[C@@H](OC(C)=O)[C@@H]1OC(C)=O. The molecule has 2 aromatic rings. The molecule has 14 nitrogen and oxygen atoms in total. The molecule has 6 fully saturated rings. The lowest BCUT2D eigenvalue weighted by molar-refractivity contribution is -0.377. The van der Waals surface area contributed by atoms with Gasteiger partial charge in [0.1, 0.15) is 24.9 Å². The van der Waals surface area contributed by atoms with E-state index in [1.807, 2.05) is 67.6 Å². The van der Waals surface area contributed by atoms with Crippen molar-refractivity contribution in [3.63, 3.8) is 0 Å². The average molecular weight is 1050 g/mol. The van der Waals surface area contributed by atoms with Gasteiger partial charge in [0.2, 0.25) is 0 Å². The summed E-state index contributed by atoms with van der Waals surface area (Å²) in [7, 11) is 0. The van der Waals surface area contributed by atoms with Crippen LogP contribution in [0.3, 0.4) is 0 Å². The molecule has 0 aromatic heterocycles. The highest BCUT2D eigenvalue weighted by Crippen LogP contribution is 2.68. The third kappa shape index (κ3) is 13.5. The van der Waals surface area contributed by atoms with E-state index in [0.29, 0.717) is 17.3 Å². The van der Waals surface area contributed by atoms with Crippen LogP contribution in [0.2, 0.25) is 0 Å². The Morgan fingerprint density at radius 2 is 1.17 bits per heavy atom. The standard InChI is InChI=1S/C61H88O14/c1-36(2)18-17-19-37(3)48-26-27-49-47-25-24-45-32-46(28-30-60(45,9)50(47)29-31-61(48,49)10)73-59-57(55(72-42(8)65)53(70-40(6)63)51(74-59)35-66-39(5)62)75-58-56(68-34-44-22-15-12-16-23-44)54(71-41(7)64)52(38(4)69-58)67-33-43-20-13-11-14-21-43/h11-16,20-23,36-38,45-59H,17-19,24-35H2,1-10H3/t37-,38+,45+,46+,47+,48-,49+,50+,51-,52+,53-,54-,55+,56-,57-,58+,59-,60+,61-/m1/s1. The molecule has 6 aliphatic rings. The second-order valence-corrected chi connectivity index (χ2v) is 24.1. The smallest absolute Gasteiger partial charge is 0.303 e. The highest BCUT2D eigenvalue weighted by Gasteiger charge is 2.62. The Morgan fingerprint density at radius 3 is 1.79 bits per heavy atom. The molecule has 416 valence electrons. The quantitative estimate of drug-likeness (QED) is 0.0700. The molecule has 19 atom stereocenters. The molecule has 2 aliphatic heterocycles. The largest absolute Gasteiger partial charge is 0.463 e. The molecule has 75 heavy (non-hydrogen) atoms. The first-order valence-electron chi connectivity index (χ1n) is 28.4. The minimum absolute atomic E-state index is 0.0868. The summed E-state index contributed by atoms with van der Waals surface area (Å²) in [6.07, 6.45) is 2.63. The zero-order valence-electron chi connectivity index (χ0n) is 46.5. The molecule has 2 saturated heterocycles. The third-order valence-electron chi connectivity index (χ3n) is 18.7. The van der Waals surface area contributed by atoms with E-state index in [4.69, 9.17) is 47.4 Å². The molecule has 2 aromatic carbocycles. The Balaban J connectivity index is 1.07.